The van der Waals surface area contributed by atoms with E-state index < -0.39 is 0 Å². The molecule has 0 aliphatic heterocycles. The average Bonchev–Trinajstić information content (AvgIpc) is 3.13. The van der Waals surface area contributed by atoms with Crippen LogP contribution in [0.1, 0.15) is 35.4 Å². The SMILES string of the molecule is Fc1ccccc1CSc1nnc(COc2ccc3c(c2)CCCC3)o1. The highest BCUT2D eigenvalue weighted by atomic mass is 32.2. The van der Waals surface area contributed by atoms with Gasteiger partial charge in [-0.1, -0.05) is 36.0 Å². The van der Waals surface area contributed by atoms with E-state index in [4.69, 9.17) is 9.15 Å². The minimum atomic E-state index is -0.226. The summed E-state index contributed by atoms with van der Waals surface area (Å²) in [5.74, 6) is 1.46. The van der Waals surface area contributed by atoms with Crippen LogP contribution in [-0.4, -0.2) is 10.2 Å². The van der Waals surface area contributed by atoms with Gasteiger partial charge in [0, 0.05) is 5.75 Å². The Morgan fingerprint density at radius 1 is 1.04 bits per heavy atom. The van der Waals surface area contributed by atoms with Crippen molar-refractivity contribution in [2.45, 2.75) is 43.3 Å². The molecule has 0 atom stereocenters. The van der Waals surface area contributed by atoms with E-state index in [9.17, 15) is 4.39 Å². The van der Waals surface area contributed by atoms with Crippen molar-refractivity contribution in [2.24, 2.45) is 0 Å². The molecule has 2 aromatic carbocycles. The summed E-state index contributed by atoms with van der Waals surface area (Å²) >= 11 is 1.31. The number of benzene rings is 2. The third kappa shape index (κ3) is 4.07. The molecule has 0 amide bonds. The Morgan fingerprint density at radius 3 is 2.77 bits per heavy atom. The molecule has 26 heavy (non-hydrogen) atoms. The quantitative estimate of drug-likeness (QED) is 0.574. The Morgan fingerprint density at radius 2 is 1.88 bits per heavy atom. The summed E-state index contributed by atoms with van der Waals surface area (Å²) < 4.78 is 25.0. The fourth-order valence-electron chi connectivity index (χ4n) is 3.05. The first-order valence-electron chi connectivity index (χ1n) is 8.71. The van der Waals surface area contributed by atoms with Crippen molar-refractivity contribution in [2.75, 3.05) is 0 Å². The number of ether oxygens (including phenoxy) is 1. The summed E-state index contributed by atoms with van der Waals surface area (Å²) in [7, 11) is 0. The summed E-state index contributed by atoms with van der Waals surface area (Å²) in [6.07, 6.45) is 4.77. The van der Waals surface area contributed by atoms with Gasteiger partial charge in [-0.3, -0.25) is 0 Å². The van der Waals surface area contributed by atoms with Crippen molar-refractivity contribution < 1.29 is 13.5 Å². The molecular weight excluding hydrogens is 351 g/mol. The topological polar surface area (TPSA) is 48.2 Å². The van der Waals surface area contributed by atoms with Crippen molar-refractivity contribution in [1.82, 2.24) is 10.2 Å². The first-order valence-corrected chi connectivity index (χ1v) is 9.70. The number of fused-ring (bicyclic) bond motifs is 1. The summed E-state index contributed by atoms with van der Waals surface area (Å²) in [5.41, 5.74) is 3.41. The van der Waals surface area contributed by atoms with E-state index in [2.05, 4.69) is 22.3 Å². The number of thioether (sulfide) groups is 1. The Kier molecular flexibility index (Phi) is 5.20. The Bertz CT molecular complexity index is 897. The Balaban J connectivity index is 1.33. The van der Waals surface area contributed by atoms with E-state index in [0.717, 1.165) is 18.6 Å². The third-order valence-electron chi connectivity index (χ3n) is 4.44. The smallest absolute Gasteiger partial charge is 0.277 e. The summed E-state index contributed by atoms with van der Waals surface area (Å²) in [6, 6.07) is 12.9. The highest BCUT2D eigenvalue weighted by Gasteiger charge is 2.12. The van der Waals surface area contributed by atoms with Gasteiger partial charge >= 0.3 is 0 Å². The summed E-state index contributed by atoms with van der Waals surface area (Å²) in [4.78, 5) is 0. The molecule has 0 fully saturated rings. The van der Waals surface area contributed by atoms with Crippen molar-refractivity contribution in [1.29, 1.82) is 0 Å². The number of nitrogens with zero attached hydrogens (tertiary/aromatic N) is 2. The first kappa shape index (κ1) is 17.1. The van der Waals surface area contributed by atoms with Crippen LogP contribution in [0.15, 0.2) is 52.1 Å². The molecule has 0 unspecified atom stereocenters. The van der Waals surface area contributed by atoms with Gasteiger partial charge in [0.1, 0.15) is 11.6 Å². The molecule has 134 valence electrons. The zero-order valence-corrected chi connectivity index (χ0v) is 15.1. The molecule has 0 radical (unpaired) electrons. The number of halogens is 1. The van der Waals surface area contributed by atoms with Crippen molar-refractivity contribution in [3.63, 3.8) is 0 Å². The van der Waals surface area contributed by atoms with Gasteiger partial charge in [-0.25, -0.2) is 4.39 Å². The molecule has 6 heteroatoms. The van der Waals surface area contributed by atoms with Crippen LogP contribution in [-0.2, 0) is 25.2 Å². The second-order valence-corrected chi connectivity index (χ2v) is 7.19. The monoisotopic (exact) mass is 370 g/mol. The normalized spacial score (nSPS) is 13.4. The maximum atomic E-state index is 13.6. The third-order valence-corrected chi connectivity index (χ3v) is 5.31. The number of hydrogen-bond donors (Lipinski definition) is 0. The van der Waals surface area contributed by atoms with E-state index in [1.165, 1.54) is 41.8 Å². The molecule has 0 spiro atoms. The van der Waals surface area contributed by atoms with Crippen LogP contribution in [0.4, 0.5) is 4.39 Å². The Hall–Kier alpha value is -2.34. The lowest BCUT2D eigenvalue weighted by molar-refractivity contribution is 0.252. The van der Waals surface area contributed by atoms with E-state index in [1.807, 2.05) is 12.1 Å². The predicted molar refractivity (Wildman–Crippen MR) is 97.7 cm³/mol. The second kappa shape index (κ2) is 7.91. The van der Waals surface area contributed by atoms with E-state index in [-0.39, 0.29) is 12.4 Å². The largest absolute Gasteiger partial charge is 0.484 e. The minimum Gasteiger partial charge on any atom is -0.484 e. The molecule has 0 N–H and O–H groups in total. The molecule has 0 bridgehead atoms. The fraction of sp³-hybridized carbons (Fsp3) is 0.300. The molecule has 0 saturated heterocycles. The number of aromatic nitrogens is 2. The van der Waals surface area contributed by atoms with Gasteiger partial charge in [0.2, 0.25) is 0 Å². The second-order valence-electron chi connectivity index (χ2n) is 6.27. The molecule has 1 aliphatic rings. The molecule has 1 aromatic heterocycles. The molecule has 4 nitrogen and oxygen atoms in total. The highest BCUT2D eigenvalue weighted by Crippen LogP contribution is 2.26. The first-order chi connectivity index (χ1) is 12.8. The standard InChI is InChI=1S/C20H19FN2O2S/c21-18-8-4-3-7-16(18)13-26-20-23-22-19(25-20)12-24-17-10-9-14-5-1-2-6-15(14)11-17/h3-4,7-11H,1-2,5-6,12-13H2. The molecular formula is C20H19FN2O2S. The lowest BCUT2D eigenvalue weighted by atomic mass is 9.92. The van der Waals surface area contributed by atoms with Gasteiger partial charge in [0.25, 0.3) is 11.1 Å². The van der Waals surface area contributed by atoms with Gasteiger partial charge in [-0.2, -0.15) is 0 Å². The van der Waals surface area contributed by atoms with Crippen molar-refractivity contribution in [3.8, 4) is 5.75 Å². The maximum Gasteiger partial charge on any atom is 0.277 e. The van der Waals surface area contributed by atoms with Crippen LogP contribution in [0.25, 0.3) is 0 Å². The molecule has 3 aromatic rings. The maximum absolute atomic E-state index is 13.6. The molecule has 1 heterocycles. The average molecular weight is 370 g/mol. The molecule has 0 saturated carbocycles. The van der Waals surface area contributed by atoms with Crippen LogP contribution in [0.5, 0.6) is 5.75 Å². The zero-order chi connectivity index (χ0) is 17.8. The van der Waals surface area contributed by atoms with Crippen LogP contribution >= 0.6 is 11.8 Å². The van der Waals surface area contributed by atoms with E-state index in [1.54, 1.807) is 12.1 Å². The van der Waals surface area contributed by atoms with Crippen LogP contribution in [0.2, 0.25) is 0 Å². The summed E-state index contributed by atoms with van der Waals surface area (Å²) in [5, 5.41) is 8.40. The fourth-order valence-corrected chi connectivity index (χ4v) is 3.82. The molecule has 1 aliphatic carbocycles. The van der Waals surface area contributed by atoms with E-state index >= 15 is 0 Å². The minimum absolute atomic E-state index is 0.226. The number of rotatable bonds is 6. The van der Waals surface area contributed by atoms with Crippen LogP contribution in [0.3, 0.4) is 0 Å². The number of aryl methyl sites for hydroxylation is 2. The van der Waals surface area contributed by atoms with Gasteiger partial charge in [0.15, 0.2) is 6.61 Å². The summed E-state index contributed by atoms with van der Waals surface area (Å²) in [6.45, 7) is 0.228. The number of hydrogen-bond acceptors (Lipinski definition) is 5. The van der Waals surface area contributed by atoms with Gasteiger partial charge in [0.05, 0.1) is 0 Å². The van der Waals surface area contributed by atoms with Crippen LogP contribution < -0.4 is 4.74 Å². The lowest BCUT2D eigenvalue weighted by Crippen LogP contribution is -2.03. The van der Waals surface area contributed by atoms with Gasteiger partial charge in [-0.15, -0.1) is 10.2 Å². The Labute approximate surface area is 155 Å². The highest BCUT2D eigenvalue weighted by molar-refractivity contribution is 7.98. The predicted octanol–water partition coefficient (Wildman–Crippen LogP) is 4.96. The van der Waals surface area contributed by atoms with E-state index in [0.29, 0.717) is 22.4 Å². The molecule has 4 rings (SSSR count). The lowest BCUT2D eigenvalue weighted by Gasteiger charge is -2.16. The van der Waals surface area contributed by atoms with Crippen molar-refractivity contribution in [3.05, 3.63) is 70.9 Å². The van der Waals surface area contributed by atoms with Gasteiger partial charge < -0.3 is 9.15 Å². The van der Waals surface area contributed by atoms with Crippen LogP contribution in [0, 0.1) is 5.82 Å². The van der Waals surface area contributed by atoms with Gasteiger partial charge in [-0.05, 0) is 60.6 Å². The zero-order valence-electron chi connectivity index (χ0n) is 14.3. The van der Waals surface area contributed by atoms with Crippen molar-refractivity contribution >= 4 is 11.8 Å².